The number of rotatable bonds is 6. The van der Waals surface area contributed by atoms with Crippen LogP contribution in [0.1, 0.15) is 0 Å². The van der Waals surface area contributed by atoms with Gasteiger partial charge in [-0.3, -0.25) is 0 Å². The molecule has 0 aliphatic rings. The highest BCUT2D eigenvalue weighted by atomic mass is 15.1. The summed E-state index contributed by atoms with van der Waals surface area (Å²) in [5.74, 6) is 0. The summed E-state index contributed by atoms with van der Waals surface area (Å²) in [6.45, 7) is 0. The fourth-order valence-corrected chi connectivity index (χ4v) is 4.84. The van der Waals surface area contributed by atoms with Gasteiger partial charge in [-0.2, -0.15) is 0 Å². The number of benzene rings is 6. The van der Waals surface area contributed by atoms with Gasteiger partial charge in [-0.1, -0.05) is 91.0 Å². The molecule has 0 aliphatic heterocycles. The van der Waals surface area contributed by atoms with Crippen LogP contribution in [-0.4, -0.2) is 7.05 Å². The highest BCUT2D eigenvalue weighted by Crippen LogP contribution is 2.37. The van der Waals surface area contributed by atoms with E-state index in [0.29, 0.717) is 0 Å². The zero-order chi connectivity index (χ0) is 25.0. The van der Waals surface area contributed by atoms with Crippen LogP contribution < -0.4 is 9.80 Å². The standard InChI is InChI=1S/C35H28N2/c1-36(34-20-19-28-13-8-9-14-29(28)25-34)31-21-23-33(24-22-31)37(32-16-6-3-7-17-32)35-18-10-15-30(26-35)27-11-4-2-5-12-27/h2-26H,1H3. The Morgan fingerprint density at radius 1 is 0.351 bits per heavy atom. The van der Waals surface area contributed by atoms with E-state index < -0.39 is 0 Å². The van der Waals surface area contributed by atoms with Gasteiger partial charge in [0, 0.05) is 35.5 Å². The molecule has 0 unspecified atom stereocenters. The van der Waals surface area contributed by atoms with E-state index in [1.165, 1.54) is 27.6 Å². The van der Waals surface area contributed by atoms with Crippen LogP contribution >= 0.6 is 0 Å². The minimum Gasteiger partial charge on any atom is -0.345 e. The van der Waals surface area contributed by atoms with Gasteiger partial charge >= 0.3 is 0 Å². The van der Waals surface area contributed by atoms with Gasteiger partial charge < -0.3 is 9.80 Å². The highest BCUT2D eigenvalue weighted by Gasteiger charge is 2.14. The summed E-state index contributed by atoms with van der Waals surface area (Å²) in [6.07, 6.45) is 0. The van der Waals surface area contributed by atoms with Crippen LogP contribution in [0.3, 0.4) is 0 Å². The highest BCUT2D eigenvalue weighted by molar-refractivity contribution is 5.87. The van der Waals surface area contributed by atoms with Crippen LogP contribution in [0.4, 0.5) is 28.4 Å². The Labute approximate surface area is 218 Å². The van der Waals surface area contributed by atoms with Crippen molar-refractivity contribution in [3.8, 4) is 11.1 Å². The Hall–Kier alpha value is -4.82. The second-order valence-electron chi connectivity index (χ2n) is 9.19. The number of para-hydroxylation sites is 1. The molecule has 6 rings (SSSR count). The molecule has 37 heavy (non-hydrogen) atoms. The monoisotopic (exact) mass is 476 g/mol. The normalized spacial score (nSPS) is 10.8. The fraction of sp³-hybridized carbons (Fsp3) is 0.0286. The van der Waals surface area contributed by atoms with Gasteiger partial charge in [0.25, 0.3) is 0 Å². The molecule has 6 aromatic rings. The van der Waals surface area contributed by atoms with E-state index in [1.807, 2.05) is 0 Å². The Kier molecular flexibility index (Phi) is 6.14. The van der Waals surface area contributed by atoms with Gasteiger partial charge in [-0.05, 0) is 82.6 Å². The molecule has 0 aromatic heterocycles. The average molecular weight is 477 g/mol. The first kappa shape index (κ1) is 22.6. The molecular formula is C35H28N2. The molecule has 0 aliphatic carbocycles. The lowest BCUT2D eigenvalue weighted by molar-refractivity contribution is 1.21. The third-order valence-corrected chi connectivity index (χ3v) is 6.84. The summed E-state index contributed by atoms with van der Waals surface area (Å²) in [7, 11) is 2.12. The molecule has 0 atom stereocenters. The Bertz CT molecular complexity index is 1620. The maximum atomic E-state index is 2.31. The van der Waals surface area contributed by atoms with Gasteiger partial charge in [0.1, 0.15) is 0 Å². The fourth-order valence-electron chi connectivity index (χ4n) is 4.84. The van der Waals surface area contributed by atoms with Crippen LogP contribution in [-0.2, 0) is 0 Å². The first-order valence-corrected chi connectivity index (χ1v) is 12.6. The van der Waals surface area contributed by atoms with Gasteiger partial charge in [0.15, 0.2) is 0 Å². The van der Waals surface area contributed by atoms with Crippen molar-refractivity contribution in [3.63, 3.8) is 0 Å². The Balaban J connectivity index is 1.36. The molecule has 2 nitrogen and oxygen atoms in total. The molecule has 0 amide bonds. The van der Waals surface area contributed by atoms with Gasteiger partial charge in [0.05, 0.1) is 0 Å². The van der Waals surface area contributed by atoms with E-state index in [0.717, 1.165) is 22.7 Å². The van der Waals surface area contributed by atoms with Crippen molar-refractivity contribution in [2.24, 2.45) is 0 Å². The number of hydrogen-bond acceptors (Lipinski definition) is 2. The summed E-state index contributed by atoms with van der Waals surface area (Å²) in [5, 5.41) is 2.50. The lowest BCUT2D eigenvalue weighted by atomic mass is 10.0. The van der Waals surface area contributed by atoms with Gasteiger partial charge in [0.2, 0.25) is 0 Å². The molecule has 0 bridgehead atoms. The van der Waals surface area contributed by atoms with Crippen molar-refractivity contribution in [2.45, 2.75) is 0 Å². The van der Waals surface area contributed by atoms with Crippen molar-refractivity contribution in [2.75, 3.05) is 16.8 Å². The van der Waals surface area contributed by atoms with E-state index in [4.69, 9.17) is 0 Å². The Morgan fingerprint density at radius 2 is 0.892 bits per heavy atom. The second-order valence-corrected chi connectivity index (χ2v) is 9.19. The molecule has 6 aromatic carbocycles. The smallest absolute Gasteiger partial charge is 0.0467 e. The molecule has 0 saturated heterocycles. The maximum Gasteiger partial charge on any atom is 0.0467 e. The average Bonchev–Trinajstić information content (AvgIpc) is 2.98. The molecule has 0 spiro atoms. The number of anilines is 5. The summed E-state index contributed by atoms with van der Waals surface area (Å²) < 4.78 is 0. The van der Waals surface area contributed by atoms with Crippen LogP contribution in [0, 0.1) is 0 Å². The van der Waals surface area contributed by atoms with E-state index >= 15 is 0 Å². The molecule has 0 heterocycles. The van der Waals surface area contributed by atoms with Crippen LogP contribution in [0.25, 0.3) is 21.9 Å². The summed E-state index contributed by atoms with van der Waals surface area (Å²) in [4.78, 5) is 4.55. The number of nitrogens with zero attached hydrogens (tertiary/aromatic N) is 2. The van der Waals surface area contributed by atoms with E-state index in [-0.39, 0.29) is 0 Å². The summed E-state index contributed by atoms with van der Waals surface area (Å²) >= 11 is 0. The third-order valence-electron chi connectivity index (χ3n) is 6.84. The van der Waals surface area contributed by atoms with Crippen molar-refractivity contribution in [1.29, 1.82) is 0 Å². The van der Waals surface area contributed by atoms with Crippen molar-refractivity contribution < 1.29 is 0 Å². The molecular weight excluding hydrogens is 448 g/mol. The zero-order valence-electron chi connectivity index (χ0n) is 20.8. The van der Waals surface area contributed by atoms with Crippen LogP contribution in [0.15, 0.2) is 152 Å². The van der Waals surface area contributed by atoms with Crippen LogP contribution in [0.2, 0.25) is 0 Å². The van der Waals surface area contributed by atoms with E-state index in [2.05, 4.69) is 169 Å². The van der Waals surface area contributed by atoms with E-state index in [9.17, 15) is 0 Å². The first-order chi connectivity index (χ1) is 18.3. The predicted molar refractivity (Wildman–Crippen MR) is 159 cm³/mol. The zero-order valence-corrected chi connectivity index (χ0v) is 20.8. The second kappa shape index (κ2) is 10.0. The van der Waals surface area contributed by atoms with Gasteiger partial charge in [-0.15, -0.1) is 0 Å². The molecule has 178 valence electrons. The minimum absolute atomic E-state index is 1.12. The molecule has 2 heteroatoms. The molecule has 0 N–H and O–H groups in total. The minimum atomic E-state index is 1.12. The topological polar surface area (TPSA) is 6.48 Å². The van der Waals surface area contributed by atoms with Crippen molar-refractivity contribution in [3.05, 3.63) is 152 Å². The van der Waals surface area contributed by atoms with Crippen molar-refractivity contribution >= 4 is 39.2 Å². The predicted octanol–water partition coefficient (Wildman–Crippen LogP) is 9.74. The van der Waals surface area contributed by atoms with Gasteiger partial charge in [-0.25, -0.2) is 0 Å². The lowest BCUT2D eigenvalue weighted by Gasteiger charge is -2.27. The number of hydrogen-bond donors (Lipinski definition) is 0. The summed E-state index contributed by atoms with van der Waals surface area (Å²) in [5.41, 5.74) is 8.10. The van der Waals surface area contributed by atoms with Crippen molar-refractivity contribution in [1.82, 2.24) is 0 Å². The molecule has 0 saturated carbocycles. The third kappa shape index (κ3) is 4.70. The maximum absolute atomic E-state index is 2.31. The molecule has 0 radical (unpaired) electrons. The first-order valence-electron chi connectivity index (χ1n) is 12.6. The SMILES string of the molecule is CN(c1ccc(N(c2ccccc2)c2cccc(-c3ccccc3)c2)cc1)c1ccc2ccccc2c1. The summed E-state index contributed by atoms with van der Waals surface area (Å²) in [6, 6.07) is 53.7. The van der Waals surface area contributed by atoms with Crippen LogP contribution in [0.5, 0.6) is 0 Å². The molecule has 0 fully saturated rings. The quantitative estimate of drug-likeness (QED) is 0.236. The lowest BCUT2D eigenvalue weighted by Crippen LogP contribution is -2.12. The Morgan fingerprint density at radius 3 is 1.65 bits per heavy atom. The van der Waals surface area contributed by atoms with E-state index in [1.54, 1.807) is 0 Å². The number of fused-ring (bicyclic) bond motifs is 1. The largest absolute Gasteiger partial charge is 0.345 e.